The van der Waals surface area contributed by atoms with Crippen LogP contribution in [-0.2, 0) is 21.2 Å². The third-order valence-corrected chi connectivity index (χ3v) is 6.62. The van der Waals surface area contributed by atoms with Crippen LogP contribution in [0.5, 0.6) is 0 Å². The van der Waals surface area contributed by atoms with Crippen LogP contribution in [0.15, 0.2) is 35.3 Å². The van der Waals surface area contributed by atoms with Crippen LogP contribution >= 0.6 is 0 Å². The fourth-order valence-corrected chi connectivity index (χ4v) is 4.52. The lowest BCUT2D eigenvalue weighted by Crippen LogP contribution is -2.54. The van der Waals surface area contributed by atoms with E-state index in [0.717, 1.165) is 31.9 Å². The number of guanidine groups is 1. The molecule has 0 radical (unpaired) electrons. The van der Waals surface area contributed by atoms with E-state index in [0.29, 0.717) is 26.2 Å². The largest absolute Gasteiger partial charge is 0.378 e. The van der Waals surface area contributed by atoms with Gasteiger partial charge in [0.15, 0.2) is 5.96 Å². The quantitative estimate of drug-likeness (QED) is 0.353. The number of hydrogen-bond donors (Lipinski definition) is 1. The Morgan fingerprint density at radius 1 is 1.17 bits per heavy atom. The number of piperazine rings is 1. The maximum Gasteiger partial charge on any atom is 0.216 e. The molecular weight excluding hydrogens is 388 g/mol. The zero-order valence-corrected chi connectivity index (χ0v) is 18.8. The summed E-state index contributed by atoms with van der Waals surface area (Å²) in [6.07, 6.45) is 2.04. The molecule has 0 aliphatic carbocycles. The molecule has 1 fully saturated rings. The molecule has 2 rings (SSSR count). The minimum atomic E-state index is -3.27. The van der Waals surface area contributed by atoms with Crippen molar-refractivity contribution in [1.82, 2.24) is 14.5 Å². The number of benzene rings is 1. The Morgan fingerprint density at radius 2 is 1.86 bits per heavy atom. The number of ether oxygens (including phenoxy) is 1. The summed E-state index contributed by atoms with van der Waals surface area (Å²) >= 11 is 0. The molecule has 164 valence electrons. The molecule has 0 bridgehead atoms. The van der Waals surface area contributed by atoms with Crippen LogP contribution in [0.4, 0.5) is 0 Å². The number of nitrogens with one attached hydrogen (secondary N) is 1. The third-order valence-electron chi connectivity index (χ3n) is 4.79. The van der Waals surface area contributed by atoms with E-state index in [1.54, 1.807) is 4.31 Å². The van der Waals surface area contributed by atoms with Gasteiger partial charge in [-0.05, 0) is 39.2 Å². The monoisotopic (exact) mass is 424 g/mol. The second-order valence-electron chi connectivity index (χ2n) is 7.45. The molecule has 1 N–H and O–H groups in total. The second kappa shape index (κ2) is 12.1. The van der Waals surface area contributed by atoms with Gasteiger partial charge in [-0.2, -0.15) is 4.31 Å². The van der Waals surface area contributed by atoms with Gasteiger partial charge in [-0.25, -0.2) is 8.42 Å². The van der Waals surface area contributed by atoms with E-state index in [1.165, 1.54) is 5.56 Å². The zero-order chi connectivity index (χ0) is 21.1. The van der Waals surface area contributed by atoms with E-state index < -0.39 is 10.0 Å². The number of hydrogen-bond acceptors (Lipinski definition) is 4. The highest BCUT2D eigenvalue weighted by atomic mass is 32.2. The zero-order valence-electron chi connectivity index (χ0n) is 18.0. The average Bonchev–Trinajstić information content (AvgIpc) is 2.71. The standard InChI is InChI=1S/C21H36N4O3S/c1-4-22-21(23-12-8-11-20-9-6-5-7-10-20)24-13-15-25(16-14-24)29(26,27)18-17-28-19(2)3/h5-7,9-10,19H,4,8,11-18H2,1-3H3,(H,22,23). The van der Waals surface area contributed by atoms with Crippen molar-refractivity contribution in [3.05, 3.63) is 35.9 Å². The van der Waals surface area contributed by atoms with Crippen molar-refractivity contribution in [1.29, 1.82) is 0 Å². The van der Waals surface area contributed by atoms with Crippen molar-refractivity contribution in [3.8, 4) is 0 Å². The van der Waals surface area contributed by atoms with Crippen LogP contribution in [0, 0.1) is 0 Å². The van der Waals surface area contributed by atoms with Crippen LogP contribution in [0.25, 0.3) is 0 Å². The minimum Gasteiger partial charge on any atom is -0.378 e. The van der Waals surface area contributed by atoms with E-state index >= 15 is 0 Å². The molecule has 0 amide bonds. The first-order valence-corrected chi connectivity index (χ1v) is 12.2. The summed E-state index contributed by atoms with van der Waals surface area (Å²) in [4.78, 5) is 6.91. The fraction of sp³-hybridized carbons (Fsp3) is 0.667. The number of sulfonamides is 1. The number of rotatable bonds is 10. The molecule has 1 aromatic rings. The van der Waals surface area contributed by atoms with Gasteiger partial charge < -0.3 is 15.0 Å². The molecule has 1 aromatic carbocycles. The molecule has 29 heavy (non-hydrogen) atoms. The van der Waals surface area contributed by atoms with Gasteiger partial charge in [0, 0.05) is 39.3 Å². The Balaban J connectivity index is 1.82. The molecule has 1 aliphatic rings. The summed E-state index contributed by atoms with van der Waals surface area (Å²) in [5.41, 5.74) is 1.33. The highest BCUT2D eigenvalue weighted by molar-refractivity contribution is 7.89. The van der Waals surface area contributed by atoms with Gasteiger partial charge in [-0.15, -0.1) is 0 Å². The molecule has 0 atom stereocenters. The lowest BCUT2D eigenvalue weighted by atomic mass is 10.1. The van der Waals surface area contributed by atoms with Gasteiger partial charge >= 0.3 is 0 Å². The van der Waals surface area contributed by atoms with Crippen LogP contribution in [0.1, 0.15) is 32.8 Å². The van der Waals surface area contributed by atoms with E-state index in [-0.39, 0.29) is 18.5 Å². The maximum atomic E-state index is 12.5. The number of aliphatic imine (C=N–C) groups is 1. The fourth-order valence-electron chi connectivity index (χ4n) is 3.23. The van der Waals surface area contributed by atoms with Gasteiger partial charge in [0.25, 0.3) is 0 Å². The van der Waals surface area contributed by atoms with Gasteiger partial charge in [0.05, 0.1) is 18.5 Å². The highest BCUT2D eigenvalue weighted by Crippen LogP contribution is 2.09. The maximum absolute atomic E-state index is 12.5. The molecule has 0 saturated carbocycles. The predicted octanol–water partition coefficient (Wildman–Crippen LogP) is 1.96. The average molecular weight is 425 g/mol. The van der Waals surface area contributed by atoms with Crippen molar-refractivity contribution < 1.29 is 13.2 Å². The number of aryl methyl sites for hydroxylation is 1. The van der Waals surface area contributed by atoms with Gasteiger partial charge in [-0.1, -0.05) is 30.3 Å². The topological polar surface area (TPSA) is 74.2 Å². The summed E-state index contributed by atoms with van der Waals surface area (Å²) in [6, 6.07) is 10.4. The van der Waals surface area contributed by atoms with Crippen LogP contribution < -0.4 is 5.32 Å². The second-order valence-corrected chi connectivity index (χ2v) is 9.53. The first-order chi connectivity index (χ1) is 13.9. The SMILES string of the molecule is CCNC(=NCCCc1ccccc1)N1CCN(S(=O)(=O)CCOC(C)C)CC1. The Labute approximate surface area is 176 Å². The molecule has 1 saturated heterocycles. The summed E-state index contributed by atoms with van der Waals surface area (Å²) in [6.45, 7) is 9.92. The molecule has 8 heteroatoms. The minimum absolute atomic E-state index is 0.0405. The van der Waals surface area contributed by atoms with Crippen molar-refractivity contribution in [2.75, 3.05) is 51.6 Å². The molecule has 1 aliphatic heterocycles. The van der Waals surface area contributed by atoms with Gasteiger partial charge in [-0.3, -0.25) is 4.99 Å². The lowest BCUT2D eigenvalue weighted by Gasteiger charge is -2.36. The van der Waals surface area contributed by atoms with Gasteiger partial charge in [0.1, 0.15) is 0 Å². The van der Waals surface area contributed by atoms with E-state index in [9.17, 15) is 8.42 Å². The Morgan fingerprint density at radius 3 is 2.48 bits per heavy atom. The van der Waals surface area contributed by atoms with Crippen molar-refractivity contribution in [3.63, 3.8) is 0 Å². The molecule has 7 nitrogen and oxygen atoms in total. The molecular formula is C21H36N4O3S. The Bertz CT molecular complexity index is 715. The molecule has 0 spiro atoms. The van der Waals surface area contributed by atoms with Crippen molar-refractivity contribution in [2.45, 2.75) is 39.7 Å². The van der Waals surface area contributed by atoms with E-state index in [2.05, 4.69) is 41.4 Å². The molecule has 0 aromatic heterocycles. The smallest absolute Gasteiger partial charge is 0.216 e. The summed E-state index contributed by atoms with van der Waals surface area (Å²) in [7, 11) is -3.27. The van der Waals surface area contributed by atoms with Gasteiger partial charge in [0.2, 0.25) is 10.0 Å². The van der Waals surface area contributed by atoms with Crippen molar-refractivity contribution in [2.24, 2.45) is 4.99 Å². The van der Waals surface area contributed by atoms with Crippen LogP contribution in [0.3, 0.4) is 0 Å². The van der Waals surface area contributed by atoms with E-state index in [1.807, 2.05) is 19.9 Å². The van der Waals surface area contributed by atoms with Crippen LogP contribution in [-0.4, -0.2) is 81.3 Å². The normalized spacial score (nSPS) is 16.4. The predicted molar refractivity (Wildman–Crippen MR) is 119 cm³/mol. The summed E-state index contributed by atoms with van der Waals surface area (Å²) in [5.74, 6) is 0.916. The molecule has 1 heterocycles. The summed E-state index contributed by atoms with van der Waals surface area (Å²) < 4.78 is 32.0. The first-order valence-electron chi connectivity index (χ1n) is 10.6. The summed E-state index contributed by atoms with van der Waals surface area (Å²) in [5, 5.41) is 3.34. The number of nitrogens with zero attached hydrogens (tertiary/aromatic N) is 3. The van der Waals surface area contributed by atoms with Crippen molar-refractivity contribution >= 4 is 16.0 Å². The first kappa shape index (κ1) is 23.6. The van der Waals surface area contributed by atoms with E-state index in [4.69, 9.17) is 9.73 Å². The molecule has 0 unspecified atom stereocenters. The highest BCUT2D eigenvalue weighted by Gasteiger charge is 2.27. The third kappa shape index (κ3) is 8.32. The Kier molecular flexibility index (Phi) is 9.90. The van der Waals surface area contributed by atoms with Crippen LogP contribution in [0.2, 0.25) is 0 Å². The lowest BCUT2D eigenvalue weighted by molar-refractivity contribution is 0.0904. The Hall–Kier alpha value is -1.64.